The molecule has 3 heteroatoms. The smallest absolute Gasteiger partial charge is 0.134 e. The maximum atomic E-state index is 9.08. The Morgan fingerprint density at radius 2 is 2.21 bits per heavy atom. The molecule has 0 aliphatic heterocycles. The van der Waals surface area contributed by atoms with Crippen molar-refractivity contribution in [2.45, 2.75) is 6.04 Å². The fraction of sp³-hybridized carbons (Fsp3) is 0.273. The zero-order chi connectivity index (χ0) is 9.97. The van der Waals surface area contributed by atoms with Crippen LogP contribution < -0.4 is 5.32 Å². The second-order valence-corrected chi connectivity index (χ2v) is 3.21. The van der Waals surface area contributed by atoms with Crippen LogP contribution in [0, 0.1) is 0 Å². The Morgan fingerprint density at radius 1 is 1.43 bits per heavy atom. The Balaban J connectivity index is 2.43. The first-order chi connectivity index (χ1) is 6.85. The lowest BCUT2D eigenvalue weighted by Crippen LogP contribution is -2.19. The summed E-state index contributed by atoms with van der Waals surface area (Å²) < 4.78 is 5.59. The van der Waals surface area contributed by atoms with Gasteiger partial charge >= 0.3 is 0 Å². The van der Waals surface area contributed by atoms with Gasteiger partial charge in [-0.3, -0.25) is 0 Å². The highest BCUT2D eigenvalue weighted by molar-refractivity contribution is 5.77. The van der Waals surface area contributed by atoms with Gasteiger partial charge in [0.2, 0.25) is 0 Å². The second-order valence-electron chi connectivity index (χ2n) is 3.21. The van der Waals surface area contributed by atoms with E-state index in [1.165, 1.54) is 0 Å². The van der Waals surface area contributed by atoms with E-state index in [4.69, 9.17) is 9.52 Å². The van der Waals surface area contributed by atoms with Crippen molar-refractivity contribution in [3.05, 3.63) is 36.1 Å². The van der Waals surface area contributed by atoms with Gasteiger partial charge in [0.05, 0.1) is 12.6 Å². The summed E-state index contributed by atoms with van der Waals surface area (Å²) in [5.74, 6) is 0.774. The fourth-order valence-corrected chi connectivity index (χ4v) is 1.50. The lowest BCUT2D eigenvalue weighted by atomic mass is 10.2. The van der Waals surface area contributed by atoms with Gasteiger partial charge in [-0.25, -0.2) is 0 Å². The maximum absolute atomic E-state index is 9.08. The van der Waals surface area contributed by atoms with E-state index in [1.807, 2.05) is 30.3 Å². The predicted molar refractivity (Wildman–Crippen MR) is 55.1 cm³/mol. The molecule has 0 radical (unpaired) electrons. The lowest BCUT2D eigenvalue weighted by molar-refractivity contribution is 0.235. The minimum Gasteiger partial charge on any atom is -0.459 e. The van der Waals surface area contributed by atoms with Gasteiger partial charge in [-0.2, -0.15) is 0 Å². The molecule has 0 aliphatic rings. The summed E-state index contributed by atoms with van der Waals surface area (Å²) in [6.45, 7) is 0.0380. The molecule has 0 saturated heterocycles. The Hall–Kier alpha value is -1.32. The number of hydrogen-bond donors (Lipinski definition) is 2. The molecule has 0 aliphatic carbocycles. The summed E-state index contributed by atoms with van der Waals surface area (Å²) in [4.78, 5) is 0. The third-order valence-electron chi connectivity index (χ3n) is 2.32. The summed E-state index contributed by atoms with van der Waals surface area (Å²) in [6, 6.07) is 9.64. The summed E-state index contributed by atoms with van der Waals surface area (Å²) in [6.07, 6.45) is 0. The van der Waals surface area contributed by atoms with Crippen LogP contribution in [0.15, 0.2) is 34.7 Å². The SMILES string of the molecule is CN[C@H](CO)c1cc2ccccc2o1. The largest absolute Gasteiger partial charge is 0.459 e. The van der Waals surface area contributed by atoms with E-state index in [0.717, 1.165) is 16.7 Å². The zero-order valence-electron chi connectivity index (χ0n) is 8.03. The Labute approximate surface area is 82.3 Å². The first-order valence-electron chi connectivity index (χ1n) is 4.61. The van der Waals surface area contributed by atoms with Crippen molar-refractivity contribution < 1.29 is 9.52 Å². The van der Waals surface area contributed by atoms with Gasteiger partial charge < -0.3 is 14.8 Å². The monoisotopic (exact) mass is 191 g/mol. The van der Waals surface area contributed by atoms with Crippen LogP contribution in [0.25, 0.3) is 11.0 Å². The van der Waals surface area contributed by atoms with Crippen LogP contribution in [0.1, 0.15) is 11.8 Å². The second kappa shape index (κ2) is 3.82. The van der Waals surface area contributed by atoms with E-state index in [-0.39, 0.29) is 12.6 Å². The molecule has 14 heavy (non-hydrogen) atoms. The maximum Gasteiger partial charge on any atom is 0.134 e. The first-order valence-corrected chi connectivity index (χ1v) is 4.61. The summed E-state index contributed by atoms with van der Waals surface area (Å²) in [7, 11) is 1.80. The number of aliphatic hydroxyl groups excluding tert-OH is 1. The molecule has 1 aromatic carbocycles. The highest BCUT2D eigenvalue weighted by atomic mass is 16.3. The molecule has 0 spiro atoms. The van der Waals surface area contributed by atoms with Crippen LogP contribution in [0.3, 0.4) is 0 Å². The van der Waals surface area contributed by atoms with Crippen LogP contribution in [0.4, 0.5) is 0 Å². The van der Waals surface area contributed by atoms with E-state index in [2.05, 4.69) is 5.32 Å². The summed E-state index contributed by atoms with van der Waals surface area (Å²) in [5.41, 5.74) is 0.858. The molecule has 1 aromatic heterocycles. The van der Waals surface area contributed by atoms with E-state index in [0.29, 0.717) is 0 Å². The third kappa shape index (κ3) is 1.52. The lowest BCUT2D eigenvalue weighted by Gasteiger charge is -2.08. The molecule has 0 saturated carbocycles. The molecular weight excluding hydrogens is 178 g/mol. The van der Waals surface area contributed by atoms with Crippen LogP contribution in [-0.2, 0) is 0 Å². The van der Waals surface area contributed by atoms with Crippen molar-refractivity contribution in [2.24, 2.45) is 0 Å². The molecular formula is C11H13NO2. The number of aliphatic hydroxyl groups is 1. The molecule has 2 aromatic rings. The van der Waals surface area contributed by atoms with Gasteiger partial charge in [-0.05, 0) is 19.2 Å². The number of benzene rings is 1. The van der Waals surface area contributed by atoms with Crippen molar-refractivity contribution in [1.29, 1.82) is 0 Å². The van der Waals surface area contributed by atoms with E-state index < -0.39 is 0 Å². The molecule has 3 nitrogen and oxygen atoms in total. The van der Waals surface area contributed by atoms with Gasteiger partial charge in [0.25, 0.3) is 0 Å². The molecule has 1 heterocycles. The van der Waals surface area contributed by atoms with E-state index >= 15 is 0 Å². The van der Waals surface area contributed by atoms with Crippen LogP contribution in [0.2, 0.25) is 0 Å². The topological polar surface area (TPSA) is 45.4 Å². The van der Waals surface area contributed by atoms with Gasteiger partial charge in [0, 0.05) is 5.39 Å². The molecule has 74 valence electrons. The Bertz CT molecular complexity index is 385. The minimum absolute atomic E-state index is 0.0380. The van der Waals surface area contributed by atoms with Crippen molar-refractivity contribution >= 4 is 11.0 Å². The van der Waals surface area contributed by atoms with E-state index in [9.17, 15) is 0 Å². The first kappa shape index (κ1) is 9.24. The third-order valence-corrected chi connectivity index (χ3v) is 2.32. The number of hydrogen-bond acceptors (Lipinski definition) is 3. The summed E-state index contributed by atoms with van der Waals surface area (Å²) in [5, 5.41) is 13.1. The van der Waals surface area contributed by atoms with Crippen LogP contribution >= 0.6 is 0 Å². The molecule has 2 rings (SSSR count). The van der Waals surface area contributed by atoms with Crippen molar-refractivity contribution in [2.75, 3.05) is 13.7 Å². The van der Waals surface area contributed by atoms with Gasteiger partial charge in [0.1, 0.15) is 11.3 Å². The number of para-hydroxylation sites is 1. The Morgan fingerprint density at radius 3 is 2.86 bits per heavy atom. The van der Waals surface area contributed by atoms with Crippen molar-refractivity contribution in [3.63, 3.8) is 0 Å². The highest BCUT2D eigenvalue weighted by Gasteiger charge is 2.12. The van der Waals surface area contributed by atoms with Gasteiger partial charge in [-0.15, -0.1) is 0 Å². The van der Waals surface area contributed by atoms with Crippen molar-refractivity contribution in [3.8, 4) is 0 Å². The number of rotatable bonds is 3. The normalized spacial score (nSPS) is 13.3. The molecule has 0 unspecified atom stereocenters. The highest BCUT2D eigenvalue weighted by Crippen LogP contribution is 2.23. The zero-order valence-corrected chi connectivity index (χ0v) is 8.03. The Kier molecular flexibility index (Phi) is 2.52. The fourth-order valence-electron chi connectivity index (χ4n) is 1.50. The van der Waals surface area contributed by atoms with Crippen molar-refractivity contribution in [1.82, 2.24) is 5.32 Å². The van der Waals surface area contributed by atoms with Crippen LogP contribution in [0.5, 0.6) is 0 Å². The quantitative estimate of drug-likeness (QED) is 0.776. The van der Waals surface area contributed by atoms with Crippen LogP contribution in [-0.4, -0.2) is 18.8 Å². The number of furan rings is 1. The molecule has 0 fully saturated rings. The molecule has 2 N–H and O–H groups in total. The standard InChI is InChI=1S/C11H13NO2/c1-12-9(7-13)11-6-8-4-2-3-5-10(8)14-11/h2-6,9,12-13H,7H2,1H3/t9-/m1/s1. The number of fused-ring (bicyclic) bond motifs is 1. The summed E-state index contributed by atoms with van der Waals surface area (Å²) >= 11 is 0. The minimum atomic E-state index is -0.123. The molecule has 1 atom stereocenters. The van der Waals surface area contributed by atoms with E-state index in [1.54, 1.807) is 7.05 Å². The molecule has 0 bridgehead atoms. The number of likely N-dealkylation sites (N-methyl/N-ethyl adjacent to an activating group) is 1. The number of nitrogens with one attached hydrogen (secondary N) is 1. The average molecular weight is 191 g/mol. The van der Waals surface area contributed by atoms with Gasteiger partial charge in [-0.1, -0.05) is 18.2 Å². The predicted octanol–water partition coefficient (Wildman–Crippen LogP) is 1.69. The molecule has 0 amide bonds. The van der Waals surface area contributed by atoms with Gasteiger partial charge in [0.15, 0.2) is 0 Å². The average Bonchev–Trinajstić information content (AvgIpc) is 2.63.